The number of hydrogen-bond acceptors (Lipinski definition) is 8. The highest BCUT2D eigenvalue weighted by Crippen LogP contribution is 2.23. The predicted molar refractivity (Wildman–Crippen MR) is 129 cm³/mol. The molecule has 0 atom stereocenters. The third-order valence-electron chi connectivity index (χ3n) is 4.58. The van der Waals surface area contributed by atoms with Gasteiger partial charge in [0.25, 0.3) is 0 Å². The molecule has 0 heterocycles. The number of ether oxygens (including phenoxy) is 4. The first-order valence-corrected chi connectivity index (χ1v) is 11.4. The van der Waals surface area contributed by atoms with Crippen LogP contribution in [0.2, 0.25) is 0 Å². The number of benzene rings is 3. The summed E-state index contributed by atoms with van der Waals surface area (Å²) < 4.78 is 20.8. The highest BCUT2D eigenvalue weighted by molar-refractivity contribution is 9.10. The van der Waals surface area contributed by atoms with Crippen molar-refractivity contribution >= 4 is 39.8 Å². The summed E-state index contributed by atoms with van der Waals surface area (Å²) in [6.45, 7) is 3.94. The van der Waals surface area contributed by atoms with Gasteiger partial charge in [0.1, 0.15) is 11.5 Å². The second kappa shape index (κ2) is 11.9. The van der Waals surface area contributed by atoms with Crippen LogP contribution in [0.25, 0.3) is 0 Å². The van der Waals surface area contributed by atoms with Crippen LogP contribution in [0, 0.1) is 0 Å². The number of carbonyl (C=O) groups excluding carboxylic acids is 4. The number of hydrogen-bond donors (Lipinski definition) is 0. The monoisotopic (exact) mass is 540 g/mol. The van der Waals surface area contributed by atoms with Gasteiger partial charge in [0.05, 0.1) is 35.5 Å². The van der Waals surface area contributed by atoms with Crippen molar-refractivity contribution in [3.63, 3.8) is 0 Å². The first-order valence-electron chi connectivity index (χ1n) is 10.6. The fraction of sp³-hybridized carbons (Fsp3) is 0.154. The molecule has 0 aliphatic rings. The summed E-state index contributed by atoms with van der Waals surface area (Å²) in [7, 11) is 0. The summed E-state index contributed by atoms with van der Waals surface area (Å²) in [5.41, 5.74) is 1.07. The minimum absolute atomic E-state index is 0.190. The van der Waals surface area contributed by atoms with Gasteiger partial charge in [0.2, 0.25) is 0 Å². The third-order valence-corrected chi connectivity index (χ3v) is 5.23. The van der Waals surface area contributed by atoms with Gasteiger partial charge in [-0.3, -0.25) is 0 Å². The molecule has 0 amide bonds. The Bertz CT molecular complexity index is 1230. The van der Waals surface area contributed by atoms with Crippen LogP contribution in [0.3, 0.4) is 0 Å². The zero-order valence-electron chi connectivity index (χ0n) is 18.9. The Morgan fingerprint density at radius 2 is 1.03 bits per heavy atom. The number of halogens is 1. The molecule has 3 aromatic carbocycles. The molecule has 180 valence electrons. The molecule has 0 unspecified atom stereocenters. The van der Waals surface area contributed by atoms with Gasteiger partial charge in [-0.25, -0.2) is 19.2 Å². The second-order valence-electron chi connectivity index (χ2n) is 6.96. The van der Waals surface area contributed by atoms with E-state index in [0.717, 1.165) is 0 Å². The standard InChI is InChI=1S/C26H21BrO8/c1-3-32-23(28)16-5-10-19(11-6-16)34-25(30)18-9-14-21(22(27)15-18)26(31)35-20-12-7-17(8-13-20)24(29)33-4-2/h5-15H,3-4H2,1-2H3. The summed E-state index contributed by atoms with van der Waals surface area (Å²) in [6, 6.07) is 16.2. The average Bonchev–Trinajstić information content (AvgIpc) is 2.85. The molecule has 8 nitrogen and oxygen atoms in total. The molecule has 3 aromatic rings. The van der Waals surface area contributed by atoms with Gasteiger partial charge in [-0.15, -0.1) is 0 Å². The van der Waals surface area contributed by atoms with Crippen LogP contribution < -0.4 is 9.47 Å². The zero-order chi connectivity index (χ0) is 25.4. The Kier molecular flexibility index (Phi) is 8.74. The predicted octanol–water partition coefficient (Wildman–Crippen LogP) is 5.24. The van der Waals surface area contributed by atoms with E-state index in [0.29, 0.717) is 15.6 Å². The summed E-state index contributed by atoms with van der Waals surface area (Å²) in [6.07, 6.45) is 0. The van der Waals surface area contributed by atoms with Crippen molar-refractivity contribution in [1.82, 2.24) is 0 Å². The Labute approximate surface area is 209 Å². The number of rotatable bonds is 8. The van der Waals surface area contributed by atoms with Crippen molar-refractivity contribution in [1.29, 1.82) is 0 Å². The highest BCUT2D eigenvalue weighted by Gasteiger charge is 2.17. The first kappa shape index (κ1) is 25.6. The van der Waals surface area contributed by atoms with Crippen molar-refractivity contribution in [2.24, 2.45) is 0 Å². The van der Waals surface area contributed by atoms with Gasteiger partial charge < -0.3 is 18.9 Å². The molecule has 0 radical (unpaired) electrons. The van der Waals surface area contributed by atoms with Crippen molar-refractivity contribution in [2.75, 3.05) is 13.2 Å². The maximum Gasteiger partial charge on any atom is 0.344 e. The second-order valence-corrected chi connectivity index (χ2v) is 7.82. The van der Waals surface area contributed by atoms with Crippen LogP contribution in [0.15, 0.2) is 71.2 Å². The lowest BCUT2D eigenvalue weighted by Crippen LogP contribution is -2.12. The largest absolute Gasteiger partial charge is 0.462 e. The van der Waals surface area contributed by atoms with Crippen LogP contribution in [-0.2, 0) is 9.47 Å². The fourth-order valence-electron chi connectivity index (χ4n) is 2.88. The van der Waals surface area contributed by atoms with Crippen molar-refractivity contribution in [2.45, 2.75) is 13.8 Å². The topological polar surface area (TPSA) is 105 Å². The molecule has 0 saturated heterocycles. The Morgan fingerprint density at radius 3 is 1.46 bits per heavy atom. The van der Waals surface area contributed by atoms with E-state index in [1.165, 1.54) is 66.7 Å². The van der Waals surface area contributed by atoms with Gasteiger partial charge in [-0.2, -0.15) is 0 Å². The van der Waals surface area contributed by atoms with E-state index < -0.39 is 23.9 Å². The lowest BCUT2D eigenvalue weighted by molar-refractivity contribution is 0.0516. The summed E-state index contributed by atoms with van der Waals surface area (Å²) in [5.74, 6) is -1.75. The van der Waals surface area contributed by atoms with Crippen LogP contribution in [0.5, 0.6) is 11.5 Å². The zero-order valence-corrected chi connectivity index (χ0v) is 20.5. The highest BCUT2D eigenvalue weighted by atomic mass is 79.9. The molecule has 0 saturated carbocycles. The minimum Gasteiger partial charge on any atom is -0.462 e. The van der Waals surface area contributed by atoms with Crippen LogP contribution in [0.4, 0.5) is 0 Å². The van der Waals surface area contributed by atoms with Gasteiger partial charge in [-0.05, 0) is 96.5 Å². The lowest BCUT2D eigenvalue weighted by atomic mass is 10.1. The van der Waals surface area contributed by atoms with Crippen LogP contribution >= 0.6 is 15.9 Å². The van der Waals surface area contributed by atoms with Crippen LogP contribution in [-0.4, -0.2) is 37.1 Å². The van der Waals surface area contributed by atoms with Gasteiger partial charge in [0.15, 0.2) is 0 Å². The molecule has 35 heavy (non-hydrogen) atoms. The van der Waals surface area contributed by atoms with Crippen molar-refractivity contribution < 1.29 is 38.1 Å². The fourth-order valence-corrected chi connectivity index (χ4v) is 3.42. The van der Waals surface area contributed by atoms with Crippen molar-refractivity contribution in [3.05, 3.63) is 93.5 Å². The molecule has 0 aliphatic carbocycles. The summed E-state index contributed by atoms with van der Waals surface area (Å²) >= 11 is 3.28. The quantitative estimate of drug-likeness (QED) is 0.282. The lowest BCUT2D eigenvalue weighted by Gasteiger charge is -2.09. The SMILES string of the molecule is CCOC(=O)c1ccc(OC(=O)c2ccc(C(=O)Oc3ccc(C(=O)OCC)cc3)c(Br)c2)cc1. The van der Waals surface area contributed by atoms with Gasteiger partial charge >= 0.3 is 23.9 Å². The molecule has 0 spiro atoms. The molecule has 0 aliphatic heterocycles. The first-order chi connectivity index (χ1) is 16.8. The van der Waals surface area contributed by atoms with E-state index in [1.807, 2.05) is 0 Å². The minimum atomic E-state index is -0.657. The van der Waals surface area contributed by atoms with E-state index in [-0.39, 0.29) is 35.8 Å². The smallest absolute Gasteiger partial charge is 0.344 e. The molecule has 0 fully saturated rings. The van der Waals surface area contributed by atoms with E-state index in [9.17, 15) is 19.2 Å². The third kappa shape index (κ3) is 6.77. The Hall–Kier alpha value is -3.98. The normalized spacial score (nSPS) is 10.3. The number of esters is 4. The Morgan fingerprint density at radius 1 is 0.600 bits per heavy atom. The molecular weight excluding hydrogens is 520 g/mol. The molecule has 3 rings (SSSR count). The Balaban J connectivity index is 1.64. The summed E-state index contributed by atoms with van der Waals surface area (Å²) in [4.78, 5) is 48.5. The molecule has 0 aromatic heterocycles. The van der Waals surface area contributed by atoms with E-state index in [1.54, 1.807) is 13.8 Å². The molecular formula is C26H21BrO8. The van der Waals surface area contributed by atoms with E-state index in [4.69, 9.17) is 18.9 Å². The molecule has 0 bridgehead atoms. The molecule has 0 N–H and O–H groups in total. The van der Waals surface area contributed by atoms with Gasteiger partial charge in [-0.1, -0.05) is 0 Å². The van der Waals surface area contributed by atoms with Crippen molar-refractivity contribution in [3.8, 4) is 11.5 Å². The van der Waals surface area contributed by atoms with E-state index in [2.05, 4.69) is 15.9 Å². The number of carbonyl (C=O) groups is 4. The van der Waals surface area contributed by atoms with Crippen LogP contribution in [0.1, 0.15) is 55.3 Å². The van der Waals surface area contributed by atoms with Gasteiger partial charge in [0, 0.05) is 4.47 Å². The summed E-state index contributed by atoms with van der Waals surface area (Å²) in [5, 5.41) is 0. The molecule has 9 heteroatoms. The van der Waals surface area contributed by atoms with E-state index >= 15 is 0 Å². The average molecular weight is 541 g/mol. The maximum absolute atomic E-state index is 12.6. The maximum atomic E-state index is 12.6.